The van der Waals surface area contributed by atoms with Gasteiger partial charge < -0.3 is 20.1 Å². The molecule has 1 heterocycles. The quantitative estimate of drug-likeness (QED) is 0.719. The first-order chi connectivity index (χ1) is 11.2. The topological polar surface area (TPSA) is 78.9 Å². The molecular weight excluding hydrogens is 296 g/mol. The van der Waals surface area contributed by atoms with Gasteiger partial charge in [-0.05, 0) is 24.8 Å². The number of carbonyl (C=O) groups excluding carboxylic acids is 1. The van der Waals surface area contributed by atoms with Crippen molar-refractivity contribution >= 4 is 12.0 Å². The van der Waals surface area contributed by atoms with Crippen molar-refractivity contribution in [2.75, 3.05) is 26.2 Å². The van der Waals surface area contributed by atoms with E-state index in [1.165, 1.54) is 0 Å². The van der Waals surface area contributed by atoms with Crippen LogP contribution >= 0.6 is 0 Å². The van der Waals surface area contributed by atoms with Crippen molar-refractivity contribution in [3.05, 3.63) is 35.9 Å². The summed E-state index contributed by atoms with van der Waals surface area (Å²) in [6, 6.07) is 9.84. The average molecular weight is 320 g/mol. The molecule has 126 valence electrons. The van der Waals surface area contributed by atoms with Crippen LogP contribution in [-0.2, 0) is 16.1 Å². The first kappa shape index (κ1) is 17.3. The SMILES string of the molecule is O=C(O)C1CCN(C(=O)NCCCCOCc2ccccc2)C1. The third kappa shape index (κ3) is 5.90. The molecule has 1 fully saturated rings. The minimum absolute atomic E-state index is 0.168. The van der Waals surface area contributed by atoms with Gasteiger partial charge in [-0.25, -0.2) is 4.79 Å². The third-order valence-corrected chi connectivity index (χ3v) is 3.93. The molecule has 0 radical (unpaired) electrons. The highest BCUT2D eigenvalue weighted by Crippen LogP contribution is 2.16. The number of carboxylic acids is 1. The molecule has 0 aliphatic carbocycles. The Morgan fingerprint density at radius 3 is 2.74 bits per heavy atom. The van der Waals surface area contributed by atoms with Crippen LogP contribution < -0.4 is 5.32 Å². The summed E-state index contributed by atoms with van der Waals surface area (Å²) >= 11 is 0. The van der Waals surface area contributed by atoms with Crippen molar-refractivity contribution < 1.29 is 19.4 Å². The molecule has 1 saturated heterocycles. The molecule has 1 aromatic rings. The van der Waals surface area contributed by atoms with Crippen LogP contribution in [0.1, 0.15) is 24.8 Å². The van der Waals surface area contributed by atoms with Crippen LogP contribution in [0.15, 0.2) is 30.3 Å². The molecule has 6 nitrogen and oxygen atoms in total. The minimum atomic E-state index is -0.823. The Kier molecular flexibility index (Phi) is 6.87. The molecule has 0 bridgehead atoms. The molecule has 6 heteroatoms. The summed E-state index contributed by atoms with van der Waals surface area (Å²) in [4.78, 5) is 24.3. The van der Waals surface area contributed by atoms with E-state index >= 15 is 0 Å². The Labute approximate surface area is 136 Å². The Hall–Kier alpha value is -2.08. The molecular formula is C17H24N2O4. The Balaban J connectivity index is 1.49. The van der Waals surface area contributed by atoms with Gasteiger partial charge in [-0.15, -0.1) is 0 Å². The molecule has 1 aliphatic rings. The van der Waals surface area contributed by atoms with E-state index in [4.69, 9.17) is 9.84 Å². The molecule has 23 heavy (non-hydrogen) atoms. The second-order valence-corrected chi connectivity index (χ2v) is 5.75. The number of rotatable bonds is 8. The Morgan fingerprint density at radius 2 is 2.04 bits per heavy atom. The van der Waals surface area contributed by atoms with Gasteiger partial charge in [-0.3, -0.25) is 4.79 Å². The van der Waals surface area contributed by atoms with Gasteiger partial charge in [0, 0.05) is 26.2 Å². The van der Waals surface area contributed by atoms with Crippen LogP contribution in [0.5, 0.6) is 0 Å². The number of likely N-dealkylation sites (tertiary alicyclic amines) is 1. The van der Waals surface area contributed by atoms with Crippen molar-refractivity contribution in [3.63, 3.8) is 0 Å². The van der Waals surface area contributed by atoms with Crippen molar-refractivity contribution in [1.82, 2.24) is 10.2 Å². The maximum atomic E-state index is 11.9. The minimum Gasteiger partial charge on any atom is -0.481 e. The summed E-state index contributed by atoms with van der Waals surface area (Å²) in [6.07, 6.45) is 2.26. The number of carbonyl (C=O) groups is 2. The monoisotopic (exact) mass is 320 g/mol. The smallest absolute Gasteiger partial charge is 0.317 e. The van der Waals surface area contributed by atoms with Gasteiger partial charge >= 0.3 is 12.0 Å². The van der Waals surface area contributed by atoms with Crippen LogP contribution in [0.4, 0.5) is 4.79 Å². The molecule has 2 amide bonds. The third-order valence-electron chi connectivity index (χ3n) is 3.93. The standard InChI is InChI=1S/C17H24N2O4/c20-16(21)15-8-10-19(12-15)17(22)18-9-4-5-11-23-13-14-6-2-1-3-7-14/h1-3,6-7,15H,4-5,8-13H2,(H,18,22)(H,20,21). The summed E-state index contributed by atoms with van der Waals surface area (Å²) in [7, 11) is 0. The lowest BCUT2D eigenvalue weighted by Gasteiger charge is -2.16. The van der Waals surface area contributed by atoms with E-state index in [9.17, 15) is 9.59 Å². The number of hydrogen-bond donors (Lipinski definition) is 2. The number of hydrogen-bond acceptors (Lipinski definition) is 3. The van der Waals surface area contributed by atoms with Gasteiger partial charge in [0.05, 0.1) is 12.5 Å². The lowest BCUT2D eigenvalue weighted by Crippen LogP contribution is -2.39. The first-order valence-electron chi connectivity index (χ1n) is 8.04. The largest absolute Gasteiger partial charge is 0.481 e. The van der Waals surface area contributed by atoms with E-state index in [0.717, 1.165) is 18.4 Å². The number of unbranched alkanes of at least 4 members (excludes halogenated alkanes) is 1. The average Bonchev–Trinajstić information content (AvgIpc) is 3.05. The molecule has 1 aliphatic heterocycles. The summed E-state index contributed by atoms with van der Waals surface area (Å²) < 4.78 is 5.58. The second-order valence-electron chi connectivity index (χ2n) is 5.75. The number of nitrogens with one attached hydrogen (secondary N) is 1. The highest BCUT2D eigenvalue weighted by atomic mass is 16.5. The first-order valence-corrected chi connectivity index (χ1v) is 8.04. The van der Waals surface area contributed by atoms with E-state index in [2.05, 4.69) is 5.32 Å². The number of aliphatic carboxylic acids is 1. The molecule has 1 aromatic carbocycles. The van der Waals surface area contributed by atoms with Crippen LogP contribution in [0.3, 0.4) is 0 Å². The van der Waals surface area contributed by atoms with Crippen LogP contribution in [0.2, 0.25) is 0 Å². The Morgan fingerprint density at radius 1 is 1.26 bits per heavy atom. The summed E-state index contributed by atoms with van der Waals surface area (Å²) in [5.41, 5.74) is 1.16. The molecule has 1 atom stereocenters. The van der Waals surface area contributed by atoms with Gasteiger partial charge in [0.2, 0.25) is 0 Å². The maximum absolute atomic E-state index is 11.9. The number of urea groups is 1. The van der Waals surface area contributed by atoms with E-state index in [1.807, 2.05) is 30.3 Å². The fourth-order valence-corrected chi connectivity index (χ4v) is 2.55. The van der Waals surface area contributed by atoms with Gasteiger partial charge in [-0.2, -0.15) is 0 Å². The van der Waals surface area contributed by atoms with Crippen molar-refractivity contribution in [2.24, 2.45) is 5.92 Å². The number of amides is 2. The number of ether oxygens (including phenoxy) is 1. The molecule has 0 spiro atoms. The van der Waals surface area contributed by atoms with Crippen LogP contribution in [0, 0.1) is 5.92 Å². The van der Waals surface area contributed by atoms with Crippen LogP contribution in [-0.4, -0.2) is 48.2 Å². The van der Waals surface area contributed by atoms with Gasteiger partial charge in [0.25, 0.3) is 0 Å². The highest BCUT2D eigenvalue weighted by molar-refractivity contribution is 5.77. The molecule has 2 N–H and O–H groups in total. The number of nitrogens with zero attached hydrogens (tertiary/aromatic N) is 1. The lowest BCUT2D eigenvalue weighted by atomic mass is 10.1. The van der Waals surface area contributed by atoms with Crippen LogP contribution in [0.25, 0.3) is 0 Å². The van der Waals surface area contributed by atoms with Crippen molar-refractivity contribution in [1.29, 1.82) is 0 Å². The van der Waals surface area contributed by atoms with Gasteiger partial charge in [-0.1, -0.05) is 30.3 Å². The normalized spacial score (nSPS) is 17.2. The highest BCUT2D eigenvalue weighted by Gasteiger charge is 2.30. The fraction of sp³-hybridized carbons (Fsp3) is 0.529. The lowest BCUT2D eigenvalue weighted by molar-refractivity contribution is -0.141. The zero-order valence-electron chi connectivity index (χ0n) is 13.2. The van der Waals surface area contributed by atoms with E-state index in [0.29, 0.717) is 39.3 Å². The van der Waals surface area contributed by atoms with Gasteiger partial charge in [0.15, 0.2) is 0 Å². The summed E-state index contributed by atoms with van der Waals surface area (Å²) in [6.45, 7) is 2.68. The second kappa shape index (κ2) is 9.15. The van der Waals surface area contributed by atoms with E-state index < -0.39 is 11.9 Å². The van der Waals surface area contributed by atoms with Crippen molar-refractivity contribution in [2.45, 2.75) is 25.9 Å². The van der Waals surface area contributed by atoms with E-state index in [1.54, 1.807) is 4.90 Å². The molecule has 2 rings (SSSR count). The zero-order valence-corrected chi connectivity index (χ0v) is 13.2. The fourth-order valence-electron chi connectivity index (χ4n) is 2.55. The molecule has 1 unspecified atom stereocenters. The molecule has 0 saturated carbocycles. The summed E-state index contributed by atoms with van der Waals surface area (Å²) in [5.74, 6) is -1.25. The van der Waals surface area contributed by atoms with Crippen molar-refractivity contribution in [3.8, 4) is 0 Å². The van der Waals surface area contributed by atoms with E-state index in [-0.39, 0.29) is 6.03 Å². The van der Waals surface area contributed by atoms with Gasteiger partial charge in [0.1, 0.15) is 0 Å². The maximum Gasteiger partial charge on any atom is 0.317 e. The summed E-state index contributed by atoms with van der Waals surface area (Å²) in [5, 5.41) is 11.8. The zero-order chi connectivity index (χ0) is 16.5. The number of benzene rings is 1. The predicted octanol–water partition coefficient (Wildman–Crippen LogP) is 2.10. The molecule has 0 aromatic heterocycles. The number of carboxylic acid groups (broad SMARTS) is 1. The predicted molar refractivity (Wildman–Crippen MR) is 86.0 cm³/mol. The Bertz CT molecular complexity index is 507.